The van der Waals surface area contributed by atoms with Gasteiger partial charge in [0.05, 0.1) is 26.2 Å². The van der Waals surface area contributed by atoms with Crippen LogP contribution in [0.15, 0.2) is 30.3 Å². The smallest absolute Gasteiger partial charge is 0.308 e. The number of aliphatic hydroxyl groups excluding tert-OH is 1. The van der Waals surface area contributed by atoms with E-state index in [9.17, 15) is 9.90 Å². The fraction of sp³-hybridized carbons (Fsp3) is 0.400. The highest BCUT2D eigenvalue weighted by molar-refractivity contribution is 5.71. The van der Waals surface area contributed by atoms with Crippen LogP contribution in [0.4, 0.5) is 0 Å². The molecule has 0 bridgehead atoms. The van der Waals surface area contributed by atoms with Gasteiger partial charge in [0.2, 0.25) is 0 Å². The first-order valence-corrected chi connectivity index (χ1v) is 6.23. The Morgan fingerprint density at radius 1 is 1.37 bits per heavy atom. The van der Waals surface area contributed by atoms with Crippen molar-refractivity contribution in [3.63, 3.8) is 0 Å². The van der Waals surface area contributed by atoms with E-state index < -0.39 is 12.1 Å². The predicted octanol–water partition coefficient (Wildman–Crippen LogP) is 2.41. The number of benzene rings is 1. The third kappa shape index (κ3) is 5.14. The van der Waals surface area contributed by atoms with E-state index in [4.69, 9.17) is 9.47 Å². The van der Waals surface area contributed by atoms with Crippen LogP contribution in [0, 0.1) is 0 Å². The van der Waals surface area contributed by atoms with Crippen molar-refractivity contribution in [3.05, 3.63) is 35.9 Å². The molecule has 0 aliphatic carbocycles. The van der Waals surface area contributed by atoms with Gasteiger partial charge in [0.1, 0.15) is 5.75 Å². The van der Waals surface area contributed by atoms with Crippen molar-refractivity contribution in [1.82, 2.24) is 0 Å². The molecule has 1 unspecified atom stereocenters. The van der Waals surface area contributed by atoms with Gasteiger partial charge in [-0.05, 0) is 37.1 Å². The highest BCUT2D eigenvalue weighted by Crippen LogP contribution is 2.19. The fourth-order valence-electron chi connectivity index (χ4n) is 1.69. The van der Waals surface area contributed by atoms with Crippen LogP contribution in [0.2, 0.25) is 0 Å². The highest BCUT2D eigenvalue weighted by atomic mass is 16.5. The Balaban J connectivity index is 2.66. The summed E-state index contributed by atoms with van der Waals surface area (Å²) in [5, 5.41) is 9.78. The molecule has 1 aromatic rings. The lowest BCUT2D eigenvalue weighted by Crippen LogP contribution is -2.13. The van der Waals surface area contributed by atoms with E-state index in [0.717, 1.165) is 16.9 Å². The predicted molar refractivity (Wildman–Crippen MR) is 73.9 cm³/mol. The molecule has 1 N–H and O–H groups in total. The van der Waals surface area contributed by atoms with Gasteiger partial charge in [-0.25, -0.2) is 0 Å². The Bertz CT molecular complexity index is 434. The second kappa shape index (κ2) is 7.59. The van der Waals surface area contributed by atoms with Crippen molar-refractivity contribution in [3.8, 4) is 5.75 Å². The first-order chi connectivity index (χ1) is 9.06. The molecule has 0 saturated heterocycles. The molecule has 1 atom stereocenters. The number of hydrogen-bond donors (Lipinski definition) is 1. The number of aliphatic hydroxyl groups is 1. The summed E-state index contributed by atoms with van der Waals surface area (Å²) in [6.07, 6.45) is 0.793. The zero-order valence-corrected chi connectivity index (χ0v) is 11.6. The van der Waals surface area contributed by atoms with Gasteiger partial charge in [0, 0.05) is 0 Å². The summed E-state index contributed by atoms with van der Waals surface area (Å²) in [6.45, 7) is 3.95. The normalized spacial score (nSPS) is 12.9. The molecular weight excluding hydrogens is 244 g/mol. The summed E-state index contributed by atoms with van der Waals surface area (Å²) < 4.78 is 9.86. The Kier molecular flexibility index (Phi) is 6.09. The van der Waals surface area contributed by atoms with Crippen LogP contribution in [0.3, 0.4) is 0 Å². The third-order valence-corrected chi connectivity index (χ3v) is 2.67. The minimum absolute atomic E-state index is 0.0265. The monoisotopic (exact) mass is 264 g/mol. The highest BCUT2D eigenvalue weighted by Gasteiger charge is 2.09. The van der Waals surface area contributed by atoms with E-state index in [2.05, 4.69) is 0 Å². The molecule has 19 heavy (non-hydrogen) atoms. The molecule has 1 aromatic carbocycles. The number of ether oxygens (including phenoxy) is 2. The molecule has 104 valence electrons. The van der Waals surface area contributed by atoms with E-state index in [1.807, 2.05) is 31.2 Å². The van der Waals surface area contributed by atoms with Crippen LogP contribution in [0.5, 0.6) is 5.75 Å². The van der Waals surface area contributed by atoms with Gasteiger partial charge in [0.15, 0.2) is 0 Å². The molecular formula is C15H20O4. The van der Waals surface area contributed by atoms with Gasteiger partial charge < -0.3 is 14.6 Å². The van der Waals surface area contributed by atoms with Crippen LogP contribution in [-0.4, -0.2) is 30.9 Å². The number of hydrogen-bond acceptors (Lipinski definition) is 4. The number of carbonyl (C=O) groups is 1. The standard InChI is InChI=1S/C15H20O4/c1-4-19-15(17)10-13(16)9-11(2)12-5-7-14(18-3)8-6-12/h5-9,13,16H,4,10H2,1-3H3/b11-9+. The van der Waals surface area contributed by atoms with Crippen molar-refractivity contribution < 1.29 is 19.4 Å². The number of carbonyl (C=O) groups excluding carboxylic acids is 1. The molecule has 0 spiro atoms. The van der Waals surface area contributed by atoms with Crippen molar-refractivity contribution in [2.45, 2.75) is 26.4 Å². The van der Waals surface area contributed by atoms with Gasteiger partial charge in [-0.15, -0.1) is 0 Å². The summed E-state index contributed by atoms with van der Waals surface area (Å²) in [7, 11) is 1.61. The molecule has 4 heteroatoms. The third-order valence-electron chi connectivity index (χ3n) is 2.67. The fourth-order valence-corrected chi connectivity index (χ4v) is 1.69. The summed E-state index contributed by atoms with van der Waals surface area (Å²) >= 11 is 0. The van der Waals surface area contributed by atoms with Crippen LogP contribution < -0.4 is 4.74 Å². The van der Waals surface area contributed by atoms with Crippen LogP contribution in [-0.2, 0) is 9.53 Å². The summed E-state index contributed by atoms with van der Waals surface area (Å²) in [4.78, 5) is 11.2. The van der Waals surface area contributed by atoms with Crippen molar-refractivity contribution in [1.29, 1.82) is 0 Å². The van der Waals surface area contributed by atoms with E-state index >= 15 is 0 Å². The first-order valence-electron chi connectivity index (χ1n) is 6.23. The zero-order chi connectivity index (χ0) is 14.3. The SMILES string of the molecule is CCOC(=O)CC(O)/C=C(\C)c1ccc(OC)cc1. The molecule has 0 heterocycles. The number of allylic oxidation sites excluding steroid dienone is 1. The van der Waals surface area contributed by atoms with Gasteiger partial charge in [-0.1, -0.05) is 18.2 Å². The average Bonchev–Trinajstić information content (AvgIpc) is 2.38. The molecule has 0 aliphatic heterocycles. The second-order valence-corrected chi connectivity index (χ2v) is 4.15. The van der Waals surface area contributed by atoms with Crippen LogP contribution in [0.1, 0.15) is 25.8 Å². The maximum Gasteiger partial charge on any atom is 0.308 e. The molecule has 0 saturated carbocycles. The average molecular weight is 264 g/mol. The topological polar surface area (TPSA) is 55.8 Å². The van der Waals surface area contributed by atoms with E-state index in [-0.39, 0.29) is 6.42 Å². The Morgan fingerprint density at radius 2 is 2.00 bits per heavy atom. The number of rotatable bonds is 6. The second-order valence-electron chi connectivity index (χ2n) is 4.15. The van der Waals surface area contributed by atoms with Crippen molar-refractivity contribution in [2.75, 3.05) is 13.7 Å². The van der Waals surface area contributed by atoms with Gasteiger partial charge in [-0.3, -0.25) is 4.79 Å². The van der Waals surface area contributed by atoms with E-state index in [0.29, 0.717) is 6.61 Å². The molecule has 0 amide bonds. The van der Waals surface area contributed by atoms with Crippen LogP contribution >= 0.6 is 0 Å². The lowest BCUT2D eigenvalue weighted by molar-refractivity contribution is -0.144. The largest absolute Gasteiger partial charge is 0.497 e. The Labute approximate surface area is 113 Å². The molecule has 0 aromatic heterocycles. The molecule has 0 radical (unpaired) electrons. The lowest BCUT2D eigenvalue weighted by atomic mass is 10.0. The zero-order valence-electron chi connectivity index (χ0n) is 11.6. The van der Waals surface area contributed by atoms with Gasteiger partial charge in [0.25, 0.3) is 0 Å². The minimum Gasteiger partial charge on any atom is -0.497 e. The number of esters is 1. The molecule has 4 nitrogen and oxygen atoms in total. The number of methoxy groups -OCH3 is 1. The summed E-state index contributed by atoms with van der Waals surface area (Å²) in [5.74, 6) is 0.386. The maximum atomic E-state index is 11.2. The van der Waals surface area contributed by atoms with Crippen LogP contribution in [0.25, 0.3) is 5.57 Å². The van der Waals surface area contributed by atoms with Crippen molar-refractivity contribution in [2.24, 2.45) is 0 Å². The van der Waals surface area contributed by atoms with Gasteiger partial charge >= 0.3 is 5.97 Å². The molecule has 0 aliphatic rings. The lowest BCUT2D eigenvalue weighted by Gasteiger charge is -2.08. The Hall–Kier alpha value is -1.81. The maximum absolute atomic E-state index is 11.2. The van der Waals surface area contributed by atoms with Crippen molar-refractivity contribution >= 4 is 11.5 Å². The first kappa shape index (κ1) is 15.2. The van der Waals surface area contributed by atoms with Gasteiger partial charge in [-0.2, -0.15) is 0 Å². The minimum atomic E-state index is -0.832. The summed E-state index contributed by atoms with van der Waals surface area (Å²) in [6, 6.07) is 7.51. The van der Waals surface area contributed by atoms with E-state index in [1.165, 1.54) is 0 Å². The quantitative estimate of drug-likeness (QED) is 0.802. The Morgan fingerprint density at radius 3 is 2.53 bits per heavy atom. The molecule has 1 rings (SSSR count). The molecule has 0 fully saturated rings. The summed E-state index contributed by atoms with van der Waals surface area (Å²) in [5.41, 5.74) is 1.88. The van der Waals surface area contributed by atoms with E-state index in [1.54, 1.807) is 20.1 Å².